The molecule has 2 unspecified atom stereocenters. The van der Waals surface area contributed by atoms with Gasteiger partial charge in [0.05, 0.1) is 26.4 Å². The van der Waals surface area contributed by atoms with Gasteiger partial charge in [0, 0.05) is 44.9 Å². The third kappa shape index (κ3) is 39.6. The number of rotatable bonds is 35. The third-order valence-electron chi connectivity index (χ3n) is 7.82. The van der Waals surface area contributed by atoms with Gasteiger partial charge in [-0.1, -0.05) is 19.3 Å². The minimum Gasteiger partial charge on any atom is -0.481 e. The van der Waals surface area contributed by atoms with Crippen molar-refractivity contribution in [2.75, 3.05) is 77.5 Å². The summed E-state index contributed by atoms with van der Waals surface area (Å²) in [6, 6.07) is -1.96. The molecule has 366 valence electrons. The Bertz CT molecular complexity index is 1350. The molecular weight excluding hydrogens is 845 g/mol. The fourth-order valence-corrected chi connectivity index (χ4v) is 6.09. The highest BCUT2D eigenvalue weighted by Crippen LogP contribution is 2.16. The van der Waals surface area contributed by atoms with Crippen molar-refractivity contribution in [3.05, 3.63) is 0 Å². The molecular formula is C43H78N4O15S. The molecule has 19 nitrogen and oxygen atoms in total. The number of thioether (sulfide) groups is 1. The normalized spacial score (nSPS) is 12.7. The first kappa shape index (κ1) is 59.3. The number of esters is 2. The molecule has 0 fully saturated rings. The summed E-state index contributed by atoms with van der Waals surface area (Å²) in [5, 5.41) is 19.5. The Balaban J connectivity index is 3.79. The molecule has 20 heteroatoms. The van der Waals surface area contributed by atoms with Crippen molar-refractivity contribution < 1.29 is 71.8 Å². The van der Waals surface area contributed by atoms with Crippen molar-refractivity contribution in [3.63, 3.8) is 0 Å². The maximum Gasteiger partial charge on any atom is 0.408 e. The van der Waals surface area contributed by atoms with E-state index in [9.17, 15) is 33.6 Å². The van der Waals surface area contributed by atoms with E-state index in [1.54, 1.807) is 74.1 Å². The number of amides is 4. The monoisotopic (exact) mass is 923 g/mol. The Morgan fingerprint density at radius 1 is 0.508 bits per heavy atom. The first-order chi connectivity index (χ1) is 29.5. The van der Waals surface area contributed by atoms with Crippen LogP contribution in [-0.4, -0.2) is 153 Å². The third-order valence-corrected chi connectivity index (χ3v) is 8.96. The van der Waals surface area contributed by atoms with Crippen LogP contribution in [0.25, 0.3) is 0 Å². The Morgan fingerprint density at radius 3 is 1.52 bits per heavy atom. The molecule has 0 aromatic rings. The summed E-state index contributed by atoms with van der Waals surface area (Å²) in [6.45, 7) is 18.1. The van der Waals surface area contributed by atoms with Gasteiger partial charge in [0.25, 0.3) is 0 Å². The van der Waals surface area contributed by atoms with E-state index in [1.165, 1.54) is 0 Å². The van der Waals surface area contributed by atoms with Crippen molar-refractivity contribution in [1.29, 1.82) is 0 Å². The van der Waals surface area contributed by atoms with Gasteiger partial charge in [0.2, 0.25) is 17.7 Å². The van der Waals surface area contributed by atoms with Crippen LogP contribution in [-0.2, 0) is 61.9 Å². The zero-order chi connectivity index (χ0) is 47.7. The van der Waals surface area contributed by atoms with E-state index in [4.69, 9.17) is 38.3 Å². The van der Waals surface area contributed by atoms with Crippen molar-refractivity contribution >= 4 is 53.5 Å². The predicted molar refractivity (Wildman–Crippen MR) is 237 cm³/mol. The molecule has 0 saturated carbocycles. The molecule has 2 atom stereocenters. The average Bonchev–Trinajstić information content (AvgIpc) is 3.14. The molecule has 0 rings (SSSR count). The van der Waals surface area contributed by atoms with Crippen LogP contribution in [0.5, 0.6) is 0 Å². The van der Waals surface area contributed by atoms with Crippen LogP contribution in [0.3, 0.4) is 0 Å². The topological polar surface area (TPSA) is 252 Å². The highest BCUT2D eigenvalue weighted by atomic mass is 32.2. The van der Waals surface area contributed by atoms with E-state index in [0.717, 1.165) is 37.9 Å². The molecule has 0 heterocycles. The number of ether oxygens (including phenoxy) is 7. The van der Waals surface area contributed by atoms with Gasteiger partial charge in [-0.05, 0) is 100 Å². The van der Waals surface area contributed by atoms with Crippen molar-refractivity contribution in [2.45, 2.75) is 155 Å². The molecule has 0 aromatic heterocycles. The van der Waals surface area contributed by atoms with Crippen LogP contribution in [0.2, 0.25) is 0 Å². The van der Waals surface area contributed by atoms with Gasteiger partial charge in [-0.15, -0.1) is 0 Å². The largest absolute Gasteiger partial charge is 0.481 e. The van der Waals surface area contributed by atoms with Gasteiger partial charge >= 0.3 is 24.0 Å². The fraction of sp³-hybridized carbons (Fsp3) is 0.837. The molecule has 0 radical (unpaired) electrons. The number of alkyl carbamates (subject to hydrolysis) is 1. The van der Waals surface area contributed by atoms with Crippen LogP contribution in [0.1, 0.15) is 127 Å². The van der Waals surface area contributed by atoms with Crippen LogP contribution < -0.4 is 21.3 Å². The average molecular weight is 923 g/mol. The SMILES string of the molecule is CC(C)(C)OC(=O)NC(CSCCCCCCCC(=O)NCCCOCCOCCOCCCNC(=O)COCC(=O)NC(CCC(=O)O)C(=O)OC(C)(C)C)C(=O)OC(C)(C)C. The summed E-state index contributed by atoms with van der Waals surface area (Å²) in [6.07, 6.45) is 5.32. The standard InChI is InChI=1S/C43H78N4O15S/c1-41(2,3)60-38(53)32(18-19-37(51)52)46-36(50)30-59-29-35(49)45-21-16-23-57-25-27-58-26-24-56-22-15-20-44-34(48)17-13-11-10-12-14-28-63-31-33(39(54)61-42(4,5)6)47-40(55)62-43(7,8)9/h32-33H,10-31H2,1-9H3,(H,44,48)(H,45,49)(H,46,50)(H,47,55)(H,51,52). The van der Waals surface area contributed by atoms with Crippen LogP contribution in [0.4, 0.5) is 4.79 Å². The molecule has 0 spiro atoms. The number of carbonyl (C=O) groups is 7. The molecule has 0 aliphatic carbocycles. The summed E-state index contributed by atoms with van der Waals surface area (Å²) < 4.78 is 37.7. The number of hydrogen-bond donors (Lipinski definition) is 5. The van der Waals surface area contributed by atoms with Crippen molar-refractivity contribution in [1.82, 2.24) is 21.3 Å². The van der Waals surface area contributed by atoms with E-state index in [-0.39, 0.29) is 25.4 Å². The Kier molecular flexibility index (Phi) is 31.7. The number of carboxylic acids is 1. The summed E-state index contributed by atoms with van der Waals surface area (Å²) in [7, 11) is 0. The second-order valence-electron chi connectivity index (χ2n) is 17.6. The van der Waals surface area contributed by atoms with Crippen LogP contribution in [0, 0.1) is 0 Å². The van der Waals surface area contributed by atoms with E-state index < -0.39 is 71.3 Å². The maximum atomic E-state index is 12.7. The molecule has 0 bridgehead atoms. The first-order valence-corrected chi connectivity index (χ1v) is 23.0. The lowest BCUT2D eigenvalue weighted by atomic mass is 10.1. The Labute approximate surface area is 378 Å². The van der Waals surface area contributed by atoms with Gasteiger partial charge in [-0.25, -0.2) is 14.4 Å². The van der Waals surface area contributed by atoms with Crippen molar-refractivity contribution in [3.8, 4) is 0 Å². The Hall–Kier alpha value is -3.72. The lowest BCUT2D eigenvalue weighted by Crippen LogP contribution is -2.47. The number of aliphatic carboxylic acids is 1. The van der Waals surface area contributed by atoms with Gasteiger partial charge in [0.1, 0.15) is 42.1 Å². The maximum absolute atomic E-state index is 12.7. The molecule has 5 N–H and O–H groups in total. The second kappa shape index (κ2) is 33.7. The number of unbranched alkanes of at least 4 members (excludes halogenated alkanes) is 4. The quantitative estimate of drug-likeness (QED) is 0.0341. The van der Waals surface area contributed by atoms with Gasteiger partial charge in [0.15, 0.2) is 0 Å². The highest BCUT2D eigenvalue weighted by Gasteiger charge is 2.29. The van der Waals surface area contributed by atoms with E-state index in [2.05, 4.69) is 21.3 Å². The molecule has 0 aliphatic rings. The molecule has 0 aromatic carbocycles. The summed E-state index contributed by atoms with van der Waals surface area (Å²) in [5.41, 5.74) is -2.17. The zero-order valence-corrected chi connectivity index (χ0v) is 40.1. The number of nitrogens with one attached hydrogen (secondary N) is 4. The predicted octanol–water partition coefficient (Wildman–Crippen LogP) is 4.07. The smallest absolute Gasteiger partial charge is 0.408 e. The van der Waals surface area contributed by atoms with E-state index >= 15 is 0 Å². The molecule has 0 saturated heterocycles. The van der Waals surface area contributed by atoms with E-state index in [0.29, 0.717) is 77.7 Å². The fourth-order valence-electron chi connectivity index (χ4n) is 5.06. The van der Waals surface area contributed by atoms with Gasteiger partial charge < -0.3 is 59.5 Å². The number of hydrogen-bond acceptors (Lipinski definition) is 15. The second-order valence-corrected chi connectivity index (χ2v) is 18.8. The zero-order valence-electron chi connectivity index (χ0n) is 39.3. The number of carbonyl (C=O) groups excluding carboxylic acids is 6. The summed E-state index contributed by atoms with van der Waals surface area (Å²) >= 11 is 1.58. The van der Waals surface area contributed by atoms with Gasteiger partial charge in [-0.3, -0.25) is 19.2 Å². The van der Waals surface area contributed by atoms with Crippen LogP contribution in [0.15, 0.2) is 0 Å². The lowest BCUT2D eigenvalue weighted by Gasteiger charge is -2.26. The number of carboxylic acid groups (broad SMARTS) is 1. The lowest BCUT2D eigenvalue weighted by molar-refractivity contribution is -0.159. The van der Waals surface area contributed by atoms with Gasteiger partial charge in [-0.2, -0.15) is 11.8 Å². The van der Waals surface area contributed by atoms with Crippen LogP contribution >= 0.6 is 11.8 Å². The van der Waals surface area contributed by atoms with Crippen molar-refractivity contribution in [2.24, 2.45) is 0 Å². The minimum absolute atomic E-state index is 0.0262. The Morgan fingerprint density at radius 2 is 0.984 bits per heavy atom. The summed E-state index contributed by atoms with van der Waals surface area (Å²) in [4.78, 5) is 84.6. The highest BCUT2D eigenvalue weighted by molar-refractivity contribution is 7.99. The summed E-state index contributed by atoms with van der Waals surface area (Å²) in [5.74, 6) is -2.24. The molecule has 4 amide bonds. The molecule has 0 aliphatic heterocycles. The minimum atomic E-state index is -1.16. The molecule has 63 heavy (non-hydrogen) atoms. The van der Waals surface area contributed by atoms with E-state index in [1.807, 2.05) is 0 Å². The first-order valence-electron chi connectivity index (χ1n) is 21.9.